The second-order valence-electron chi connectivity index (χ2n) is 3.99. The first-order valence-electron chi connectivity index (χ1n) is 6.25. The van der Waals surface area contributed by atoms with Crippen molar-refractivity contribution in [2.24, 2.45) is 0 Å². The van der Waals surface area contributed by atoms with Gasteiger partial charge in [-0.3, -0.25) is 14.7 Å². The van der Waals surface area contributed by atoms with E-state index in [9.17, 15) is 19.1 Å². The predicted octanol–water partition coefficient (Wildman–Crippen LogP) is 3.51. The zero-order valence-electron chi connectivity index (χ0n) is 12.0. The maximum atomic E-state index is 13.8. The monoisotopic (exact) mass is 321 g/mol. The van der Waals surface area contributed by atoms with Crippen LogP contribution in [0.3, 0.4) is 0 Å². The molecule has 0 spiro atoms. The van der Waals surface area contributed by atoms with Gasteiger partial charge in [0.15, 0.2) is 5.82 Å². The van der Waals surface area contributed by atoms with Crippen LogP contribution in [0.4, 0.5) is 10.1 Å². The average molecular weight is 321 g/mol. The lowest BCUT2D eigenvalue weighted by Gasteiger charge is -2.17. The quantitative estimate of drug-likeness (QED) is 0.413. The van der Waals surface area contributed by atoms with Gasteiger partial charge < -0.3 is 13.8 Å². The molecule has 0 atom stereocenters. The molecule has 0 radical (unpaired) electrons. The van der Waals surface area contributed by atoms with Crippen LogP contribution in [0, 0.1) is 15.9 Å². The molecule has 21 heavy (non-hydrogen) atoms. The van der Waals surface area contributed by atoms with Gasteiger partial charge in [-0.15, -0.1) is 0 Å². The van der Waals surface area contributed by atoms with E-state index in [1.165, 1.54) is 0 Å². The topological polar surface area (TPSA) is 87.9 Å². The number of benzene rings is 1. The summed E-state index contributed by atoms with van der Waals surface area (Å²) >= 11 is 0. The van der Waals surface area contributed by atoms with Gasteiger partial charge in [-0.05, 0) is 25.5 Å². The summed E-state index contributed by atoms with van der Waals surface area (Å²) in [5.41, 5.74) is -0.391. The molecule has 0 fully saturated rings. The number of nitro groups is 1. The normalized spacial score (nSPS) is 11.4. The summed E-state index contributed by atoms with van der Waals surface area (Å²) in [5.74, 6) is -1.37. The molecule has 1 rings (SSSR count). The van der Waals surface area contributed by atoms with E-state index in [1.54, 1.807) is 13.8 Å². The van der Waals surface area contributed by atoms with Crippen molar-refractivity contribution < 1.29 is 27.7 Å². The predicted molar refractivity (Wildman–Crippen MR) is 74.2 cm³/mol. The van der Waals surface area contributed by atoms with Crippen LogP contribution in [0.2, 0.25) is 0 Å². The molecule has 0 aromatic heterocycles. The maximum absolute atomic E-state index is 13.8. The molecular weight excluding hydrogens is 304 g/mol. The second kappa shape index (κ2) is 7.49. The number of halogens is 1. The number of methoxy groups -OCH3 is 1. The molecule has 0 aliphatic rings. The van der Waals surface area contributed by atoms with Crippen molar-refractivity contribution in [1.82, 2.24) is 0 Å². The Morgan fingerprint density at radius 2 is 1.86 bits per heavy atom. The average Bonchev–Trinajstić information content (AvgIpc) is 2.38. The Hall–Kier alpha value is -1.50. The van der Waals surface area contributed by atoms with Gasteiger partial charge in [-0.1, -0.05) is 0 Å². The van der Waals surface area contributed by atoms with Gasteiger partial charge in [-0.2, -0.15) is 0 Å². The smallest absolute Gasteiger partial charge is 0.335 e. The van der Waals surface area contributed by atoms with E-state index in [0.29, 0.717) is 0 Å². The Morgan fingerprint density at radius 3 is 2.29 bits per heavy atom. The van der Waals surface area contributed by atoms with E-state index >= 15 is 0 Å². The summed E-state index contributed by atoms with van der Waals surface area (Å²) in [6.45, 7) is 3.58. The van der Waals surface area contributed by atoms with Crippen molar-refractivity contribution in [2.75, 3.05) is 20.3 Å². The van der Waals surface area contributed by atoms with E-state index in [-0.39, 0.29) is 24.9 Å². The minimum atomic E-state index is -3.46. The summed E-state index contributed by atoms with van der Waals surface area (Å²) in [4.78, 5) is 10.2. The van der Waals surface area contributed by atoms with E-state index in [1.807, 2.05) is 0 Å². The van der Waals surface area contributed by atoms with Crippen molar-refractivity contribution in [1.29, 1.82) is 0 Å². The van der Waals surface area contributed by atoms with Gasteiger partial charge in [0.2, 0.25) is 5.75 Å². The second-order valence-corrected chi connectivity index (χ2v) is 6.05. The van der Waals surface area contributed by atoms with Gasteiger partial charge in [0, 0.05) is 6.07 Å². The molecule has 0 saturated carbocycles. The Labute approximate surface area is 121 Å². The Bertz CT molecular complexity index is 555. The fourth-order valence-corrected chi connectivity index (χ4v) is 3.48. The number of ether oxygens (including phenoxy) is 1. The number of hydrogen-bond donors (Lipinski definition) is 0. The zero-order valence-corrected chi connectivity index (χ0v) is 12.9. The Kier molecular flexibility index (Phi) is 6.26. The fraction of sp³-hybridized carbons (Fsp3) is 0.500. The van der Waals surface area contributed by atoms with Gasteiger partial charge >= 0.3 is 13.3 Å². The molecule has 118 valence electrons. The molecule has 0 aliphatic heterocycles. The van der Waals surface area contributed by atoms with Crippen molar-refractivity contribution in [3.8, 4) is 5.75 Å². The molecule has 0 N–H and O–H groups in total. The Morgan fingerprint density at radius 1 is 1.29 bits per heavy atom. The molecule has 0 bridgehead atoms. The van der Waals surface area contributed by atoms with Gasteiger partial charge in [0.1, 0.15) is 0 Å². The molecule has 0 aliphatic carbocycles. The van der Waals surface area contributed by atoms with Crippen molar-refractivity contribution in [2.45, 2.75) is 20.0 Å². The molecule has 9 heteroatoms. The van der Waals surface area contributed by atoms with E-state index in [4.69, 9.17) is 9.05 Å². The third kappa shape index (κ3) is 4.49. The number of nitrogens with zero attached hydrogens (tertiary/aromatic N) is 1. The highest BCUT2D eigenvalue weighted by atomic mass is 31.2. The molecule has 0 amide bonds. The molecule has 0 saturated heterocycles. The molecule has 7 nitrogen and oxygen atoms in total. The summed E-state index contributed by atoms with van der Waals surface area (Å²) < 4.78 is 41.0. The van der Waals surface area contributed by atoms with Crippen molar-refractivity contribution in [3.05, 3.63) is 33.6 Å². The maximum Gasteiger partial charge on any atom is 0.335 e. The van der Waals surface area contributed by atoms with E-state index < -0.39 is 29.8 Å². The van der Waals surface area contributed by atoms with E-state index in [0.717, 1.165) is 19.2 Å². The molecule has 1 aromatic rings. The summed E-state index contributed by atoms with van der Waals surface area (Å²) in [6, 6.07) is 2.13. The highest BCUT2D eigenvalue weighted by Crippen LogP contribution is 2.52. The van der Waals surface area contributed by atoms with Crippen LogP contribution in [0.15, 0.2) is 12.1 Å². The van der Waals surface area contributed by atoms with Crippen LogP contribution in [-0.4, -0.2) is 25.2 Å². The minimum Gasteiger partial charge on any atom is -0.488 e. The lowest BCUT2D eigenvalue weighted by atomic mass is 10.2. The third-order valence-corrected chi connectivity index (χ3v) is 4.57. The highest BCUT2D eigenvalue weighted by Gasteiger charge is 2.28. The van der Waals surface area contributed by atoms with Crippen LogP contribution in [0.1, 0.15) is 19.4 Å². The van der Waals surface area contributed by atoms with Crippen LogP contribution in [-0.2, 0) is 19.8 Å². The lowest BCUT2D eigenvalue weighted by molar-refractivity contribution is -0.386. The summed E-state index contributed by atoms with van der Waals surface area (Å²) in [6.07, 6.45) is -0.254. The van der Waals surface area contributed by atoms with Gasteiger partial charge in [0.25, 0.3) is 0 Å². The fourth-order valence-electron chi connectivity index (χ4n) is 1.81. The lowest BCUT2D eigenvalue weighted by Crippen LogP contribution is -2.02. The first kappa shape index (κ1) is 17.6. The first-order chi connectivity index (χ1) is 9.86. The summed E-state index contributed by atoms with van der Waals surface area (Å²) in [7, 11) is -2.33. The largest absolute Gasteiger partial charge is 0.488 e. The summed E-state index contributed by atoms with van der Waals surface area (Å²) in [5, 5.41) is 10.9. The van der Waals surface area contributed by atoms with Crippen LogP contribution in [0.5, 0.6) is 5.75 Å². The Balaban J connectivity index is 3.19. The number of nitro benzene ring substituents is 1. The minimum absolute atomic E-state index is 0.144. The molecular formula is C12H17FNO6P. The molecule has 0 unspecified atom stereocenters. The van der Waals surface area contributed by atoms with Crippen LogP contribution in [0.25, 0.3) is 0 Å². The van der Waals surface area contributed by atoms with E-state index in [2.05, 4.69) is 4.74 Å². The first-order valence-corrected chi connectivity index (χ1v) is 7.98. The number of hydrogen-bond acceptors (Lipinski definition) is 6. The van der Waals surface area contributed by atoms with Crippen LogP contribution < -0.4 is 4.74 Å². The van der Waals surface area contributed by atoms with Crippen molar-refractivity contribution in [3.63, 3.8) is 0 Å². The number of rotatable bonds is 8. The van der Waals surface area contributed by atoms with Gasteiger partial charge in [-0.25, -0.2) is 4.39 Å². The van der Waals surface area contributed by atoms with Crippen molar-refractivity contribution >= 4 is 13.3 Å². The standard InChI is InChI=1S/C12H17FNO6P/c1-4-19-21(17,20-5-2)8-9-6-10(13)12(18-3)11(7-9)14(15)16/h6-7H,4-5,8H2,1-3H3. The van der Waals surface area contributed by atoms with Crippen LogP contribution >= 0.6 is 7.60 Å². The zero-order chi connectivity index (χ0) is 16.0. The van der Waals surface area contributed by atoms with Gasteiger partial charge in [0.05, 0.1) is 31.4 Å². The third-order valence-electron chi connectivity index (χ3n) is 2.51. The molecule has 1 aromatic carbocycles. The SMILES string of the molecule is CCOP(=O)(Cc1cc(F)c(OC)c([N+](=O)[O-])c1)OCC. The molecule has 0 heterocycles. The highest BCUT2D eigenvalue weighted by molar-refractivity contribution is 7.53.